The van der Waals surface area contributed by atoms with Gasteiger partial charge < -0.3 is 4.57 Å². The molecule has 2 heteroatoms. The molecule has 0 bridgehead atoms. The number of hydrogen-bond donors (Lipinski definition) is 0. The second-order valence-corrected chi connectivity index (χ2v) is 8.86. The molecule has 0 atom stereocenters. The van der Waals surface area contributed by atoms with E-state index in [-0.39, 0.29) is 0 Å². The van der Waals surface area contributed by atoms with Gasteiger partial charge in [0.2, 0.25) is 0 Å². The van der Waals surface area contributed by atoms with Crippen LogP contribution in [0.15, 0.2) is 109 Å². The Bertz CT molecular complexity index is 1600. The lowest BCUT2D eigenvalue weighted by Crippen LogP contribution is -2.20. The normalized spacial score (nSPS) is 12.4. The highest BCUT2D eigenvalue weighted by Gasteiger charge is 2.23. The zero-order valence-corrected chi connectivity index (χ0v) is 19.5. The van der Waals surface area contributed by atoms with Crippen LogP contribution in [0.2, 0.25) is 0 Å². The highest BCUT2D eigenvalue weighted by atomic mass is 15.0. The van der Waals surface area contributed by atoms with Crippen molar-refractivity contribution in [3.63, 3.8) is 0 Å². The summed E-state index contributed by atoms with van der Waals surface area (Å²) in [6.07, 6.45) is 10.8. The minimum atomic E-state index is 1.22. The standard InChI is InChI=1S/C32H25BN/c1-3-4-5-12-24-21-34(30-19-18-23(20-27(24)30)25-13-7-6-11-22(25)2)31-17-10-16-29-32(31)26-14-8-9-15-28(26)33-29/h3-21H,1-2H3/b4-3-,12-5-. The molecule has 0 unspecified atom stereocenters. The average molecular weight is 434 g/mol. The zero-order valence-electron chi connectivity index (χ0n) is 19.5. The molecule has 0 fully saturated rings. The van der Waals surface area contributed by atoms with Gasteiger partial charge in [-0.25, -0.2) is 0 Å². The van der Waals surface area contributed by atoms with Crippen LogP contribution in [0.3, 0.4) is 0 Å². The monoisotopic (exact) mass is 434 g/mol. The van der Waals surface area contributed by atoms with Gasteiger partial charge >= 0.3 is 0 Å². The Labute approximate surface area is 201 Å². The lowest BCUT2D eigenvalue weighted by Gasteiger charge is -2.13. The van der Waals surface area contributed by atoms with Gasteiger partial charge in [-0.1, -0.05) is 102 Å². The molecule has 0 spiro atoms. The molecule has 1 nitrogen and oxygen atoms in total. The largest absolute Gasteiger partial charge is 0.315 e. The Hall–Kier alpha value is -4.04. The summed E-state index contributed by atoms with van der Waals surface area (Å²) in [7, 11) is 2.29. The van der Waals surface area contributed by atoms with Crippen LogP contribution in [-0.4, -0.2) is 11.8 Å². The molecule has 0 saturated heterocycles. The van der Waals surface area contributed by atoms with E-state index in [0.29, 0.717) is 0 Å². The molecule has 6 rings (SSSR count). The molecule has 1 aromatic heterocycles. The molecule has 1 aliphatic heterocycles. The first kappa shape index (κ1) is 20.6. The maximum atomic E-state index is 2.36. The van der Waals surface area contributed by atoms with Gasteiger partial charge in [0.05, 0.1) is 11.2 Å². The van der Waals surface area contributed by atoms with Crippen molar-refractivity contribution < 1.29 is 0 Å². The van der Waals surface area contributed by atoms with Crippen molar-refractivity contribution in [3.8, 4) is 27.9 Å². The molecule has 1 aliphatic rings. The van der Waals surface area contributed by atoms with Crippen molar-refractivity contribution in [1.29, 1.82) is 0 Å². The summed E-state index contributed by atoms with van der Waals surface area (Å²) in [5.41, 5.74) is 12.7. The molecule has 2 heterocycles. The van der Waals surface area contributed by atoms with Crippen LogP contribution in [0.4, 0.5) is 0 Å². The third kappa shape index (κ3) is 3.35. The van der Waals surface area contributed by atoms with E-state index >= 15 is 0 Å². The summed E-state index contributed by atoms with van der Waals surface area (Å²) in [6.45, 7) is 4.23. The predicted octanol–water partition coefficient (Wildman–Crippen LogP) is 6.83. The Morgan fingerprint density at radius 3 is 2.41 bits per heavy atom. The van der Waals surface area contributed by atoms with Crippen LogP contribution in [0, 0.1) is 6.92 Å². The Balaban J connectivity index is 1.60. The van der Waals surface area contributed by atoms with Crippen LogP contribution in [0.1, 0.15) is 18.1 Å². The lowest BCUT2D eigenvalue weighted by atomic mass is 9.68. The van der Waals surface area contributed by atoms with Crippen molar-refractivity contribution in [3.05, 3.63) is 120 Å². The number of rotatable bonds is 4. The second kappa shape index (κ2) is 8.39. The topological polar surface area (TPSA) is 4.93 Å². The van der Waals surface area contributed by atoms with Gasteiger partial charge in [-0.15, -0.1) is 0 Å². The SMILES string of the molecule is C/C=C\C=C/c1cn(-c2cccc3c2-c2ccccc2[B]3)c2ccc(-c3ccccc3C)cc12. The number of benzene rings is 4. The molecular weight excluding hydrogens is 409 g/mol. The van der Waals surface area contributed by atoms with Crippen LogP contribution >= 0.6 is 0 Å². The summed E-state index contributed by atoms with van der Waals surface area (Å²) in [5, 5.41) is 1.26. The van der Waals surface area contributed by atoms with Crippen molar-refractivity contribution in [2.45, 2.75) is 13.8 Å². The first-order chi connectivity index (χ1) is 16.7. The molecular formula is C32H25BN. The molecule has 4 aromatic carbocycles. The summed E-state index contributed by atoms with van der Waals surface area (Å²) < 4.78 is 2.36. The fourth-order valence-electron chi connectivity index (χ4n) is 5.11. The fourth-order valence-corrected chi connectivity index (χ4v) is 5.11. The molecule has 34 heavy (non-hydrogen) atoms. The van der Waals surface area contributed by atoms with E-state index < -0.39 is 0 Å². The van der Waals surface area contributed by atoms with E-state index in [1.165, 1.54) is 60.9 Å². The minimum absolute atomic E-state index is 1.22. The molecule has 0 amide bonds. The van der Waals surface area contributed by atoms with Crippen molar-refractivity contribution >= 4 is 35.2 Å². The van der Waals surface area contributed by atoms with Gasteiger partial charge in [-0.05, 0) is 59.9 Å². The maximum absolute atomic E-state index is 2.36. The summed E-state index contributed by atoms with van der Waals surface area (Å²) in [4.78, 5) is 0. The number of aromatic nitrogens is 1. The molecule has 161 valence electrons. The van der Waals surface area contributed by atoms with Crippen LogP contribution in [-0.2, 0) is 0 Å². The van der Waals surface area contributed by atoms with Gasteiger partial charge in [0.15, 0.2) is 7.28 Å². The third-order valence-electron chi connectivity index (χ3n) is 6.75. The van der Waals surface area contributed by atoms with Crippen molar-refractivity contribution in [2.24, 2.45) is 0 Å². The van der Waals surface area contributed by atoms with E-state index in [9.17, 15) is 0 Å². The first-order valence-electron chi connectivity index (χ1n) is 11.8. The van der Waals surface area contributed by atoms with Crippen molar-refractivity contribution in [1.82, 2.24) is 4.57 Å². The third-order valence-corrected chi connectivity index (χ3v) is 6.75. The van der Waals surface area contributed by atoms with Crippen LogP contribution in [0.25, 0.3) is 44.9 Å². The van der Waals surface area contributed by atoms with E-state index in [0.717, 1.165) is 0 Å². The van der Waals surface area contributed by atoms with E-state index in [2.05, 4.69) is 134 Å². The molecule has 0 N–H and O–H groups in total. The average Bonchev–Trinajstić information content (AvgIpc) is 3.43. The van der Waals surface area contributed by atoms with Gasteiger partial charge in [0.25, 0.3) is 0 Å². The zero-order chi connectivity index (χ0) is 23.1. The first-order valence-corrected chi connectivity index (χ1v) is 11.8. The fraction of sp³-hybridized carbons (Fsp3) is 0.0625. The van der Waals surface area contributed by atoms with Gasteiger partial charge in [-0.2, -0.15) is 0 Å². The molecule has 0 aliphatic carbocycles. The minimum Gasteiger partial charge on any atom is -0.315 e. The number of allylic oxidation sites excluding steroid dienone is 3. The summed E-state index contributed by atoms with van der Waals surface area (Å²) in [6, 6.07) is 30.8. The number of aryl methyl sites for hydroxylation is 1. The predicted molar refractivity (Wildman–Crippen MR) is 148 cm³/mol. The van der Waals surface area contributed by atoms with Gasteiger partial charge in [0, 0.05) is 17.1 Å². The smallest absolute Gasteiger partial charge is 0.193 e. The molecule has 5 aromatic rings. The number of fused-ring (bicyclic) bond motifs is 4. The molecule has 0 saturated carbocycles. The van der Waals surface area contributed by atoms with E-state index in [4.69, 9.17) is 0 Å². The van der Waals surface area contributed by atoms with E-state index in [1.54, 1.807) is 0 Å². The number of nitrogens with zero attached hydrogens (tertiary/aromatic N) is 1. The lowest BCUT2D eigenvalue weighted by molar-refractivity contribution is 1.13. The Morgan fingerprint density at radius 2 is 1.56 bits per heavy atom. The highest BCUT2D eigenvalue weighted by molar-refractivity contribution is 6.73. The maximum Gasteiger partial charge on any atom is 0.193 e. The van der Waals surface area contributed by atoms with E-state index in [1.807, 2.05) is 6.92 Å². The highest BCUT2D eigenvalue weighted by Crippen LogP contribution is 2.35. The quantitative estimate of drug-likeness (QED) is 0.212. The van der Waals surface area contributed by atoms with Crippen LogP contribution < -0.4 is 10.9 Å². The number of hydrogen-bond acceptors (Lipinski definition) is 0. The van der Waals surface area contributed by atoms with Crippen molar-refractivity contribution in [2.75, 3.05) is 0 Å². The Morgan fingerprint density at radius 1 is 0.765 bits per heavy atom. The summed E-state index contributed by atoms with van der Waals surface area (Å²) >= 11 is 0. The van der Waals surface area contributed by atoms with Gasteiger partial charge in [-0.3, -0.25) is 0 Å². The van der Waals surface area contributed by atoms with Crippen LogP contribution in [0.5, 0.6) is 0 Å². The summed E-state index contributed by atoms with van der Waals surface area (Å²) in [5.74, 6) is 0. The van der Waals surface area contributed by atoms with Gasteiger partial charge in [0.1, 0.15) is 0 Å². The molecule has 1 radical (unpaired) electrons. The Kier molecular flexibility index (Phi) is 5.07. The second-order valence-electron chi connectivity index (χ2n) is 8.86.